The molecule has 2 heterocycles. The average Bonchev–Trinajstić information content (AvgIpc) is 4.01. The van der Waals surface area contributed by atoms with E-state index in [4.69, 9.17) is 5.73 Å². The first-order valence-corrected chi connectivity index (χ1v) is 25.2. The van der Waals surface area contributed by atoms with E-state index in [2.05, 4.69) is 44.5 Å². The number of thiol groups is 1. The van der Waals surface area contributed by atoms with Gasteiger partial charge in [0.05, 0.1) is 18.8 Å². The Labute approximate surface area is 412 Å². The summed E-state index contributed by atoms with van der Waals surface area (Å²) in [6.07, 6.45) is 1.66. The Morgan fingerprint density at radius 1 is 0.739 bits per heavy atom. The Morgan fingerprint density at radius 2 is 1.29 bits per heavy atom. The van der Waals surface area contributed by atoms with Gasteiger partial charge in [-0.25, -0.2) is 4.79 Å². The van der Waals surface area contributed by atoms with E-state index < -0.39 is 120 Å². The van der Waals surface area contributed by atoms with Crippen molar-refractivity contribution in [2.75, 3.05) is 37.5 Å². The first-order valence-electron chi connectivity index (χ1n) is 23.1. The summed E-state index contributed by atoms with van der Waals surface area (Å²) in [5.74, 6) is -7.64. The molecule has 1 aromatic rings. The number of aliphatic carboxylic acids is 1. The van der Waals surface area contributed by atoms with Crippen molar-refractivity contribution in [3.05, 3.63) is 29.8 Å². The molecule has 0 radical (unpaired) electrons. The van der Waals surface area contributed by atoms with Gasteiger partial charge in [0.2, 0.25) is 47.3 Å². The zero-order valence-corrected chi connectivity index (χ0v) is 41.7. The predicted octanol–water partition coefficient (Wildman–Crippen LogP) is -2.00. The minimum absolute atomic E-state index is 0.0371. The van der Waals surface area contributed by atoms with Gasteiger partial charge in [-0.3, -0.25) is 38.4 Å². The quantitative estimate of drug-likeness (QED) is 0.0447. The van der Waals surface area contributed by atoms with E-state index in [1.807, 2.05) is 20.1 Å². The maximum Gasteiger partial charge on any atom is 0.326 e. The second-order valence-electron chi connectivity index (χ2n) is 18.2. The van der Waals surface area contributed by atoms with Crippen LogP contribution in [0, 0.1) is 11.8 Å². The Hall–Kier alpha value is -5.17. The van der Waals surface area contributed by atoms with Crippen molar-refractivity contribution in [2.24, 2.45) is 17.6 Å². The molecule has 2 fully saturated rings. The number of phenolic OH excluding ortho intramolecular Hbond substituents is 1. The number of nitrogens with one attached hydrogen (secondary N) is 6. The number of carbonyl (C=O) groups excluding carboxylic acids is 8. The summed E-state index contributed by atoms with van der Waals surface area (Å²) < 4.78 is 0. The van der Waals surface area contributed by atoms with Gasteiger partial charge < -0.3 is 67.9 Å². The molecule has 24 heteroatoms. The van der Waals surface area contributed by atoms with E-state index in [1.54, 1.807) is 13.8 Å². The number of benzene rings is 1. The van der Waals surface area contributed by atoms with Crippen molar-refractivity contribution in [3.8, 4) is 5.75 Å². The molecule has 22 nitrogen and oxygen atoms in total. The monoisotopic (exact) mass is 1010 g/mol. The maximum atomic E-state index is 14.1. The van der Waals surface area contributed by atoms with E-state index in [1.165, 1.54) is 52.8 Å². The highest BCUT2D eigenvalue weighted by molar-refractivity contribution is 7.98. The molecular weight excluding hydrogens is 939 g/mol. The molecule has 0 saturated carbocycles. The lowest BCUT2D eigenvalue weighted by Crippen LogP contribution is -2.62. The number of phenols is 1. The minimum atomic E-state index is -1.73. The summed E-state index contributed by atoms with van der Waals surface area (Å²) in [6, 6.07) is -5.85. The van der Waals surface area contributed by atoms with Crippen LogP contribution in [0.25, 0.3) is 0 Å². The zero-order chi connectivity index (χ0) is 51.7. The van der Waals surface area contributed by atoms with E-state index >= 15 is 0 Å². The number of aromatic hydroxyl groups is 1. The molecule has 2 saturated heterocycles. The first-order chi connectivity index (χ1) is 32.5. The van der Waals surface area contributed by atoms with Crippen molar-refractivity contribution in [1.29, 1.82) is 0 Å². The topological polar surface area (TPSA) is 339 Å². The number of carbonyl (C=O) groups is 9. The van der Waals surface area contributed by atoms with Crippen molar-refractivity contribution in [3.63, 3.8) is 0 Å². The number of carboxylic acid groups (broad SMARTS) is 1. The fraction of sp³-hybridized carbons (Fsp3) is 0.667. The van der Waals surface area contributed by atoms with Gasteiger partial charge in [0.15, 0.2) is 0 Å². The van der Waals surface area contributed by atoms with Crippen LogP contribution < -0.4 is 37.6 Å². The van der Waals surface area contributed by atoms with Crippen molar-refractivity contribution >= 4 is 77.6 Å². The summed E-state index contributed by atoms with van der Waals surface area (Å²) in [6.45, 7) is 7.64. The van der Waals surface area contributed by atoms with E-state index in [0.29, 0.717) is 24.2 Å². The van der Waals surface area contributed by atoms with Crippen molar-refractivity contribution in [2.45, 2.75) is 140 Å². The van der Waals surface area contributed by atoms with Crippen LogP contribution in [0.1, 0.15) is 78.7 Å². The molecule has 386 valence electrons. The molecule has 12 N–H and O–H groups in total. The highest BCUT2D eigenvalue weighted by Gasteiger charge is 2.44. The van der Waals surface area contributed by atoms with Gasteiger partial charge in [-0.15, -0.1) is 0 Å². The van der Waals surface area contributed by atoms with Crippen LogP contribution in [-0.4, -0.2) is 181 Å². The van der Waals surface area contributed by atoms with E-state index in [0.717, 1.165) is 0 Å². The van der Waals surface area contributed by atoms with Gasteiger partial charge in [-0.1, -0.05) is 39.8 Å². The fourth-order valence-electron chi connectivity index (χ4n) is 7.94. The summed E-state index contributed by atoms with van der Waals surface area (Å²) in [7, 11) is 0. The van der Waals surface area contributed by atoms with E-state index in [9.17, 15) is 63.6 Å². The molecule has 2 aliphatic rings. The molecule has 0 unspecified atom stereocenters. The molecular formula is C45H71N9O13S2. The average molecular weight is 1010 g/mol. The normalized spacial score (nSPS) is 19.3. The van der Waals surface area contributed by atoms with Gasteiger partial charge in [0.25, 0.3) is 0 Å². The molecule has 10 atom stereocenters. The number of likely N-dealkylation sites (tertiary alicyclic amines) is 2. The second-order valence-corrected chi connectivity index (χ2v) is 19.5. The number of nitrogens with zero attached hydrogens (tertiary/aromatic N) is 2. The van der Waals surface area contributed by atoms with Crippen LogP contribution >= 0.6 is 24.4 Å². The third kappa shape index (κ3) is 17.0. The Bertz CT molecular complexity index is 1960. The van der Waals surface area contributed by atoms with Crippen LogP contribution in [0.4, 0.5) is 0 Å². The number of hydrogen-bond acceptors (Lipinski definition) is 15. The van der Waals surface area contributed by atoms with E-state index in [-0.39, 0.29) is 68.5 Å². The third-order valence-electron chi connectivity index (χ3n) is 11.9. The minimum Gasteiger partial charge on any atom is -0.508 e. The summed E-state index contributed by atoms with van der Waals surface area (Å²) in [5.41, 5.74) is 6.40. The number of rotatable bonds is 26. The van der Waals surface area contributed by atoms with Gasteiger partial charge in [0, 0.05) is 25.3 Å². The molecule has 8 amide bonds. The van der Waals surface area contributed by atoms with Crippen LogP contribution in [-0.2, 0) is 49.6 Å². The summed E-state index contributed by atoms with van der Waals surface area (Å²) in [4.78, 5) is 124. The Balaban J connectivity index is 1.80. The molecule has 3 rings (SSSR count). The number of thioether (sulfide) groups is 1. The fourth-order valence-corrected chi connectivity index (χ4v) is 8.67. The molecule has 0 spiro atoms. The summed E-state index contributed by atoms with van der Waals surface area (Å²) >= 11 is 5.63. The number of amides is 8. The van der Waals surface area contributed by atoms with Gasteiger partial charge >= 0.3 is 5.97 Å². The van der Waals surface area contributed by atoms with Crippen LogP contribution in [0.3, 0.4) is 0 Å². The number of carboxylic acids is 1. The lowest BCUT2D eigenvalue weighted by atomic mass is 10.0. The molecule has 0 aromatic heterocycles. The number of hydrogen-bond donors (Lipinski definition) is 12. The van der Waals surface area contributed by atoms with Gasteiger partial charge in [-0.2, -0.15) is 24.4 Å². The van der Waals surface area contributed by atoms with Gasteiger partial charge in [0.1, 0.15) is 54.1 Å². The Kier molecular flexibility index (Phi) is 23.5. The lowest BCUT2D eigenvalue weighted by molar-refractivity contribution is -0.149. The van der Waals surface area contributed by atoms with Crippen LogP contribution in [0.5, 0.6) is 5.75 Å². The maximum absolute atomic E-state index is 14.1. The number of aliphatic hydroxyl groups is 2. The third-order valence-corrected chi connectivity index (χ3v) is 12.9. The second kappa shape index (κ2) is 27.9. The molecule has 1 aromatic carbocycles. The molecule has 69 heavy (non-hydrogen) atoms. The van der Waals surface area contributed by atoms with Crippen molar-refractivity contribution in [1.82, 2.24) is 41.7 Å². The van der Waals surface area contributed by atoms with Crippen LogP contribution in [0.15, 0.2) is 24.3 Å². The van der Waals surface area contributed by atoms with Gasteiger partial charge in [-0.05, 0) is 87.0 Å². The van der Waals surface area contributed by atoms with Crippen molar-refractivity contribution < 1.29 is 63.6 Å². The SMILES string of the molecule is CSCC[C@H](NC(=O)[C@@H](N)C(C)C)C(=O)N[C@@H](CS)C(=O)N[C@H](C(=O)N[C@@H](Cc1ccc(O)cc1)C(=O)N[C@@H](CO)C(=O)N1CCC[C@H]1C(=O)N1CCC[C@H]1C(=O)N[C@@H](CC(C)C)C(=O)O)[C@@H](C)O. The number of nitrogens with two attached hydrogens (primary N) is 1. The predicted molar refractivity (Wildman–Crippen MR) is 258 cm³/mol. The number of aliphatic hydroxyl groups excluding tert-OH is 2. The standard InChI is InChI=1S/C45H71N9O13S2/c1-23(2)19-30(45(66)67)49-40(61)33-9-7-16-53(33)44(65)34-10-8-17-54(34)43(64)31(21-55)50-38(59)29(20-26-11-13-27(57)14-12-26)48-42(63)36(25(5)56)52-39(60)32(22-68)51-37(58)28(15-18-69-6)47-41(62)35(46)24(3)4/h11-14,23-25,28-36,55-57,68H,7-10,15-22,46H2,1-6H3,(H,47,62)(H,48,63)(H,49,61)(H,50,59)(H,51,58)(H,52,60)(H,66,67)/t25-,28+,29+,30+,31+,32+,33+,34+,35+,36+/m1/s1. The smallest absolute Gasteiger partial charge is 0.326 e. The highest BCUT2D eigenvalue weighted by Crippen LogP contribution is 2.26. The van der Waals surface area contributed by atoms with Crippen LogP contribution in [0.2, 0.25) is 0 Å². The highest BCUT2D eigenvalue weighted by atomic mass is 32.2. The lowest BCUT2D eigenvalue weighted by Gasteiger charge is -2.33. The zero-order valence-electron chi connectivity index (χ0n) is 40.0. The first kappa shape index (κ1) is 58.1. The molecule has 0 aliphatic carbocycles. The molecule has 0 bridgehead atoms. The molecule has 2 aliphatic heterocycles. The largest absolute Gasteiger partial charge is 0.508 e. The summed E-state index contributed by atoms with van der Waals surface area (Å²) in [5, 5.41) is 55.9. The Morgan fingerprint density at radius 3 is 1.84 bits per heavy atom.